The van der Waals surface area contributed by atoms with E-state index in [-0.39, 0.29) is 6.04 Å². The van der Waals surface area contributed by atoms with Crippen molar-refractivity contribution in [1.29, 1.82) is 5.26 Å². The molecule has 0 amide bonds. The second-order valence-corrected chi connectivity index (χ2v) is 6.03. The smallest absolute Gasteiger partial charge is 0.0992 e. The number of nitrogens with two attached hydrogens (primary N) is 1. The maximum Gasteiger partial charge on any atom is 0.0992 e. The van der Waals surface area contributed by atoms with E-state index in [9.17, 15) is 0 Å². The Kier molecular flexibility index (Phi) is 3.96. The molecule has 0 saturated heterocycles. The van der Waals surface area contributed by atoms with Gasteiger partial charge in [-0.05, 0) is 51.7 Å². The summed E-state index contributed by atoms with van der Waals surface area (Å²) in [5, 5.41) is 8.99. The number of halogens is 1. The summed E-state index contributed by atoms with van der Waals surface area (Å²) in [5.41, 5.74) is 10.5. The van der Waals surface area contributed by atoms with Crippen LogP contribution in [0.4, 0.5) is 5.69 Å². The van der Waals surface area contributed by atoms with E-state index in [0.29, 0.717) is 12.1 Å². The van der Waals surface area contributed by atoms with Crippen molar-refractivity contribution in [2.45, 2.75) is 12.5 Å². The van der Waals surface area contributed by atoms with Gasteiger partial charge < -0.3 is 10.6 Å². The van der Waals surface area contributed by atoms with Crippen LogP contribution in [-0.4, -0.2) is 13.1 Å². The third-order valence-electron chi connectivity index (χ3n) is 4.02. The van der Waals surface area contributed by atoms with E-state index in [1.54, 1.807) is 0 Å². The molecule has 2 N–H and O–H groups in total. The molecule has 0 spiro atoms. The van der Waals surface area contributed by atoms with Gasteiger partial charge in [-0.3, -0.25) is 0 Å². The lowest BCUT2D eigenvalue weighted by molar-refractivity contribution is 0.589. The number of anilines is 1. The topological polar surface area (TPSA) is 53.0 Å². The van der Waals surface area contributed by atoms with Crippen LogP contribution in [0.5, 0.6) is 0 Å². The molecule has 1 unspecified atom stereocenters. The molecule has 21 heavy (non-hydrogen) atoms. The highest BCUT2D eigenvalue weighted by atomic mass is 79.9. The maximum atomic E-state index is 8.99. The van der Waals surface area contributed by atoms with E-state index in [1.807, 2.05) is 18.2 Å². The fraction of sp³-hybridized carbons (Fsp3) is 0.235. The quantitative estimate of drug-likeness (QED) is 0.910. The van der Waals surface area contributed by atoms with Gasteiger partial charge >= 0.3 is 0 Å². The molecule has 0 aromatic heterocycles. The summed E-state index contributed by atoms with van der Waals surface area (Å²) in [5.74, 6) is 0. The molecule has 3 rings (SSSR count). The minimum absolute atomic E-state index is 0.180. The first kappa shape index (κ1) is 14.1. The fourth-order valence-corrected chi connectivity index (χ4v) is 3.61. The number of nitriles is 1. The lowest BCUT2D eigenvalue weighted by atomic mass is 9.92. The number of fused-ring (bicyclic) bond motifs is 1. The van der Waals surface area contributed by atoms with Gasteiger partial charge in [0.25, 0.3) is 0 Å². The van der Waals surface area contributed by atoms with Crippen LogP contribution in [0.2, 0.25) is 0 Å². The highest BCUT2D eigenvalue weighted by Gasteiger charge is 2.27. The molecule has 1 heterocycles. The van der Waals surface area contributed by atoms with Crippen molar-refractivity contribution in [2.24, 2.45) is 5.73 Å². The van der Waals surface area contributed by atoms with Crippen molar-refractivity contribution in [2.75, 3.05) is 18.0 Å². The molecule has 2 aromatic rings. The first-order chi connectivity index (χ1) is 10.2. The largest absolute Gasteiger partial charge is 0.362 e. The van der Waals surface area contributed by atoms with Crippen molar-refractivity contribution in [1.82, 2.24) is 0 Å². The van der Waals surface area contributed by atoms with Gasteiger partial charge in [-0.1, -0.05) is 24.3 Å². The standard InChI is InChI=1S/C17H16BrN3/c18-15-9-12(10-19)5-6-16(15)21-8-7-13-3-1-2-4-14(13)17(21)11-20/h1-6,9,17H,7-8,11,20H2. The molecule has 0 radical (unpaired) electrons. The highest BCUT2D eigenvalue weighted by Crippen LogP contribution is 2.37. The Bertz CT molecular complexity index is 705. The SMILES string of the molecule is N#Cc1ccc(N2CCc3ccccc3C2CN)c(Br)c1. The van der Waals surface area contributed by atoms with E-state index >= 15 is 0 Å². The fourth-order valence-electron chi connectivity index (χ4n) is 3.00. The number of hydrogen-bond donors (Lipinski definition) is 1. The van der Waals surface area contributed by atoms with Gasteiger partial charge in [-0.25, -0.2) is 0 Å². The average Bonchev–Trinajstić information content (AvgIpc) is 2.53. The van der Waals surface area contributed by atoms with Gasteiger partial charge in [0.05, 0.1) is 23.4 Å². The molecule has 2 aromatic carbocycles. The van der Waals surface area contributed by atoms with Gasteiger partial charge in [-0.15, -0.1) is 0 Å². The maximum absolute atomic E-state index is 8.99. The molecule has 1 aliphatic heterocycles. The van der Waals surface area contributed by atoms with Crippen molar-refractivity contribution < 1.29 is 0 Å². The number of nitrogens with zero attached hydrogens (tertiary/aromatic N) is 2. The summed E-state index contributed by atoms with van der Waals surface area (Å²) in [6.07, 6.45) is 1.01. The zero-order valence-electron chi connectivity index (χ0n) is 11.6. The van der Waals surface area contributed by atoms with E-state index in [0.717, 1.165) is 23.1 Å². The van der Waals surface area contributed by atoms with Crippen molar-refractivity contribution in [3.63, 3.8) is 0 Å². The van der Waals surface area contributed by atoms with Crippen LogP contribution >= 0.6 is 15.9 Å². The molecule has 0 aliphatic carbocycles. The molecule has 3 nitrogen and oxygen atoms in total. The van der Waals surface area contributed by atoms with Crippen LogP contribution in [0, 0.1) is 11.3 Å². The molecule has 0 bridgehead atoms. The number of rotatable bonds is 2. The van der Waals surface area contributed by atoms with Gasteiger partial charge in [-0.2, -0.15) is 5.26 Å². The first-order valence-electron chi connectivity index (χ1n) is 6.98. The molecular weight excluding hydrogens is 326 g/mol. The molecule has 0 saturated carbocycles. The predicted molar refractivity (Wildman–Crippen MR) is 88.1 cm³/mol. The molecule has 1 atom stereocenters. The lowest BCUT2D eigenvalue weighted by Crippen LogP contribution is -2.39. The average molecular weight is 342 g/mol. The van der Waals surface area contributed by atoms with Gasteiger partial charge in [0.15, 0.2) is 0 Å². The summed E-state index contributed by atoms with van der Waals surface area (Å²) in [6.45, 7) is 1.51. The summed E-state index contributed by atoms with van der Waals surface area (Å²) < 4.78 is 0.944. The van der Waals surface area contributed by atoms with Crippen LogP contribution < -0.4 is 10.6 Å². The summed E-state index contributed by atoms with van der Waals surface area (Å²) in [7, 11) is 0. The van der Waals surface area contributed by atoms with E-state index < -0.39 is 0 Å². The Morgan fingerprint density at radius 3 is 2.81 bits per heavy atom. The zero-order chi connectivity index (χ0) is 14.8. The summed E-state index contributed by atoms with van der Waals surface area (Å²) >= 11 is 3.59. The van der Waals surface area contributed by atoms with Crippen molar-refractivity contribution in [3.05, 3.63) is 63.6 Å². The van der Waals surface area contributed by atoms with Gasteiger partial charge in [0, 0.05) is 17.6 Å². The van der Waals surface area contributed by atoms with Crippen LogP contribution in [0.3, 0.4) is 0 Å². The third kappa shape index (κ3) is 2.55. The van der Waals surface area contributed by atoms with E-state index in [4.69, 9.17) is 11.0 Å². The Morgan fingerprint density at radius 1 is 1.29 bits per heavy atom. The highest BCUT2D eigenvalue weighted by molar-refractivity contribution is 9.10. The second-order valence-electron chi connectivity index (χ2n) is 5.17. The van der Waals surface area contributed by atoms with E-state index in [1.165, 1.54) is 11.1 Å². The number of benzene rings is 2. The summed E-state index contributed by atoms with van der Waals surface area (Å²) in [6, 6.07) is 16.6. The Morgan fingerprint density at radius 2 is 2.10 bits per heavy atom. The van der Waals surface area contributed by atoms with Gasteiger partial charge in [0.2, 0.25) is 0 Å². The molecule has 0 fully saturated rings. The van der Waals surface area contributed by atoms with Crippen molar-refractivity contribution in [3.8, 4) is 6.07 Å². The minimum Gasteiger partial charge on any atom is -0.362 e. The monoisotopic (exact) mass is 341 g/mol. The molecule has 106 valence electrons. The lowest BCUT2D eigenvalue weighted by Gasteiger charge is -2.39. The van der Waals surface area contributed by atoms with Crippen LogP contribution in [0.1, 0.15) is 22.7 Å². The Balaban J connectivity index is 2.02. The van der Waals surface area contributed by atoms with Crippen LogP contribution in [0.25, 0.3) is 0 Å². The Hall–Kier alpha value is -1.83. The molecule has 1 aliphatic rings. The number of hydrogen-bond acceptors (Lipinski definition) is 3. The zero-order valence-corrected chi connectivity index (χ0v) is 13.2. The third-order valence-corrected chi connectivity index (χ3v) is 4.66. The first-order valence-corrected chi connectivity index (χ1v) is 7.78. The van der Waals surface area contributed by atoms with Crippen molar-refractivity contribution >= 4 is 21.6 Å². The second kappa shape index (κ2) is 5.88. The van der Waals surface area contributed by atoms with Crippen LogP contribution in [0.15, 0.2) is 46.9 Å². The predicted octanol–water partition coefficient (Wildman–Crippen LogP) is 3.38. The Labute approximate surface area is 133 Å². The van der Waals surface area contributed by atoms with Crippen LogP contribution in [-0.2, 0) is 6.42 Å². The normalized spacial score (nSPS) is 17.2. The summed E-state index contributed by atoms with van der Waals surface area (Å²) in [4.78, 5) is 2.33. The van der Waals surface area contributed by atoms with E-state index in [2.05, 4.69) is 51.2 Å². The molecule has 4 heteroatoms. The molecular formula is C17H16BrN3. The minimum atomic E-state index is 0.180. The van der Waals surface area contributed by atoms with Gasteiger partial charge in [0.1, 0.15) is 0 Å².